The van der Waals surface area contributed by atoms with Gasteiger partial charge in [-0.15, -0.1) is 0 Å². The molecule has 4 amide bonds. The van der Waals surface area contributed by atoms with Crippen LogP contribution < -0.4 is 25.4 Å². The summed E-state index contributed by atoms with van der Waals surface area (Å²) in [6.07, 6.45) is 5.07. The van der Waals surface area contributed by atoms with Gasteiger partial charge in [0.05, 0.1) is 23.5 Å². The summed E-state index contributed by atoms with van der Waals surface area (Å²) >= 11 is 0. The van der Waals surface area contributed by atoms with E-state index in [1.807, 2.05) is 18.2 Å². The first-order chi connectivity index (χ1) is 27.3. The van der Waals surface area contributed by atoms with Crippen molar-refractivity contribution < 1.29 is 33.8 Å². The zero-order chi connectivity index (χ0) is 38.6. The van der Waals surface area contributed by atoms with Crippen LogP contribution in [-0.2, 0) is 16.0 Å². The van der Waals surface area contributed by atoms with Crippen LogP contribution in [0.5, 0.6) is 23.0 Å². The fourth-order valence-corrected chi connectivity index (χ4v) is 7.79. The molecule has 3 atom stereocenters. The van der Waals surface area contributed by atoms with E-state index in [0.717, 1.165) is 23.5 Å². The number of nitrogens with one attached hydrogen (secondary N) is 3. The topological polar surface area (TPSA) is 172 Å². The van der Waals surface area contributed by atoms with E-state index in [-0.39, 0.29) is 29.9 Å². The lowest BCUT2D eigenvalue weighted by Crippen LogP contribution is -2.54. The molecule has 0 radical (unpaired) electrons. The number of anilines is 1. The third-order valence-electron chi connectivity index (χ3n) is 10.5. The molecular weight excluding hydrogens is 713 g/mol. The van der Waals surface area contributed by atoms with Crippen molar-refractivity contribution in [1.82, 2.24) is 25.5 Å². The molecule has 3 heterocycles. The van der Waals surface area contributed by atoms with E-state index in [1.165, 1.54) is 46.8 Å². The Hall–Kier alpha value is -6.60. The number of aromatic nitrogens is 2. The Labute approximate surface area is 323 Å². The Kier molecular flexibility index (Phi) is 10.4. The van der Waals surface area contributed by atoms with E-state index >= 15 is 0 Å². The third kappa shape index (κ3) is 7.66. The van der Waals surface area contributed by atoms with Crippen LogP contribution in [0.15, 0.2) is 103 Å². The van der Waals surface area contributed by atoms with E-state index in [4.69, 9.17) is 9.47 Å². The summed E-state index contributed by atoms with van der Waals surface area (Å²) in [7, 11) is 0. The number of hydrogen-bond donors (Lipinski definition) is 4. The minimum atomic E-state index is -1.04. The minimum Gasteiger partial charge on any atom is -0.508 e. The van der Waals surface area contributed by atoms with Gasteiger partial charge in [-0.2, -0.15) is 0 Å². The maximum Gasteiger partial charge on any atom is 0.262 e. The molecule has 4 N–H and O–H groups in total. The molecule has 3 unspecified atom stereocenters. The Balaban J connectivity index is 0.779. The summed E-state index contributed by atoms with van der Waals surface area (Å²) < 4.78 is 11.9. The van der Waals surface area contributed by atoms with Crippen molar-refractivity contribution >= 4 is 29.6 Å². The van der Waals surface area contributed by atoms with E-state index in [9.17, 15) is 24.3 Å². The number of carbonyl (C=O) groups is 4. The number of phenolic OH excluding ortho intramolecular Hbond substituents is 1. The highest BCUT2D eigenvalue weighted by atomic mass is 16.5. The van der Waals surface area contributed by atoms with Crippen LogP contribution in [0.2, 0.25) is 0 Å². The first-order valence-corrected chi connectivity index (χ1v) is 18.7. The molecule has 4 aromatic carbocycles. The number of amides is 4. The van der Waals surface area contributed by atoms with Gasteiger partial charge in [0.25, 0.3) is 11.8 Å². The van der Waals surface area contributed by atoms with Gasteiger partial charge in [0.15, 0.2) is 5.75 Å². The molecule has 3 aliphatic rings. The van der Waals surface area contributed by atoms with Crippen LogP contribution in [-0.4, -0.2) is 75.9 Å². The summed E-state index contributed by atoms with van der Waals surface area (Å²) in [5, 5.41) is 18.8. The average molecular weight is 753 g/mol. The predicted octanol–water partition coefficient (Wildman–Crippen LogP) is 5.32. The molecular formula is C43H40N6O7. The van der Waals surface area contributed by atoms with Gasteiger partial charge in [-0.3, -0.25) is 29.4 Å². The van der Waals surface area contributed by atoms with Gasteiger partial charge >= 0.3 is 0 Å². The second-order valence-electron chi connectivity index (χ2n) is 14.0. The molecule has 1 saturated heterocycles. The molecule has 13 heteroatoms. The zero-order valence-electron chi connectivity index (χ0n) is 30.4. The number of fused-ring (bicyclic) bond motifs is 2. The first-order valence-electron chi connectivity index (χ1n) is 18.7. The molecule has 2 aliphatic heterocycles. The summed E-state index contributed by atoms with van der Waals surface area (Å²) in [5.74, 6) is 0.394. The maximum atomic E-state index is 13.1. The SMILES string of the molecule is O=C1CCC(N2C(=O)c3ccc(Oc4cnc(NCCNCCOc5ccc(C6c7ccc(O)cc7CCC6c6ccccc6)cc5)nc4)cc3C2=O)C(=O)N1. The predicted molar refractivity (Wildman–Crippen MR) is 206 cm³/mol. The van der Waals surface area contributed by atoms with Crippen molar-refractivity contribution in [3.05, 3.63) is 137 Å². The molecule has 0 saturated carbocycles. The van der Waals surface area contributed by atoms with Gasteiger partial charge in [-0.05, 0) is 89.9 Å². The van der Waals surface area contributed by atoms with Gasteiger partial charge in [0.2, 0.25) is 17.8 Å². The van der Waals surface area contributed by atoms with Crippen molar-refractivity contribution in [2.24, 2.45) is 0 Å². The Morgan fingerprint density at radius 2 is 1.52 bits per heavy atom. The number of nitrogens with zero attached hydrogens (tertiary/aromatic N) is 3. The second kappa shape index (κ2) is 16.0. The molecule has 8 rings (SSSR count). The molecule has 1 fully saturated rings. The summed E-state index contributed by atoms with van der Waals surface area (Å²) in [5.41, 5.74) is 5.30. The second-order valence-corrected chi connectivity index (χ2v) is 14.0. The highest BCUT2D eigenvalue weighted by Crippen LogP contribution is 2.47. The van der Waals surface area contributed by atoms with Crippen LogP contribution in [0.1, 0.15) is 74.1 Å². The highest BCUT2D eigenvalue weighted by Gasteiger charge is 2.44. The number of ether oxygens (including phenoxy) is 2. The standard InChI is InChI=1S/C43H40N6O7/c50-29-9-14-34-28(22-29)8-13-33(26-4-2-1-3-5-26)39(34)27-6-10-30(11-7-27)55-21-20-44-18-19-45-43-46-24-32(25-47-43)56-31-12-15-35-36(23-31)42(54)49(41(35)53)37-16-17-38(51)48-40(37)52/h1-7,9-12,14-15,22-25,33,37,39,44,50H,8,13,16-21H2,(H,45,46,47)(H,48,51,52). The molecule has 0 bridgehead atoms. The van der Waals surface area contributed by atoms with Crippen molar-refractivity contribution in [3.8, 4) is 23.0 Å². The average Bonchev–Trinajstić information content (AvgIpc) is 3.46. The number of aromatic hydroxyl groups is 1. The number of piperidine rings is 1. The highest BCUT2D eigenvalue weighted by molar-refractivity contribution is 6.23. The lowest BCUT2D eigenvalue weighted by molar-refractivity contribution is -0.136. The monoisotopic (exact) mass is 752 g/mol. The van der Waals surface area contributed by atoms with Gasteiger partial charge in [0, 0.05) is 32.0 Å². The number of aryl methyl sites for hydroxylation is 1. The number of imide groups is 2. The fraction of sp³-hybridized carbons (Fsp3) is 0.256. The van der Waals surface area contributed by atoms with Crippen molar-refractivity contribution in [3.63, 3.8) is 0 Å². The third-order valence-corrected chi connectivity index (χ3v) is 10.5. The summed E-state index contributed by atoms with van der Waals surface area (Å²) in [4.78, 5) is 59.4. The van der Waals surface area contributed by atoms with E-state index in [2.05, 4.69) is 74.4 Å². The molecule has 0 spiro atoms. The zero-order valence-corrected chi connectivity index (χ0v) is 30.4. The number of carbonyl (C=O) groups excluding carboxylic acids is 4. The van der Waals surface area contributed by atoms with Crippen molar-refractivity contribution in [2.75, 3.05) is 31.6 Å². The van der Waals surface area contributed by atoms with Crippen LogP contribution in [0.25, 0.3) is 0 Å². The van der Waals surface area contributed by atoms with Crippen LogP contribution in [0.4, 0.5) is 5.95 Å². The fourth-order valence-electron chi connectivity index (χ4n) is 7.79. The van der Waals surface area contributed by atoms with Gasteiger partial charge < -0.3 is 25.2 Å². The quantitative estimate of drug-likeness (QED) is 0.0907. The molecule has 1 aromatic heterocycles. The maximum absolute atomic E-state index is 13.1. The lowest BCUT2D eigenvalue weighted by atomic mass is 9.69. The Morgan fingerprint density at radius 3 is 2.30 bits per heavy atom. The van der Waals surface area contributed by atoms with Gasteiger partial charge in [-0.1, -0.05) is 48.5 Å². The number of benzene rings is 4. The van der Waals surface area contributed by atoms with E-state index < -0.39 is 29.7 Å². The van der Waals surface area contributed by atoms with Gasteiger partial charge in [-0.25, -0.2) is 9.97 Å². The van der Waals surface area contributed by atoms with Crippen molar-refractivity contribution in [2.45, 2.75) is 43.6 Å². The first kappa shape index (κ1) is 36.4. The van der Waals surface area contributed by atoms with Crippen LogP contribution >= 0.6 is 0 Å². The number of rotatable bonds is 13. The summed E-state index contributed by atoms with van der Waals surface area (Å²) in [6, 6.07) is 28.2. The van der Waals surface area contributed by atoms with E-state index in [0.29, 0.717) is 55.4 Å². The normalized spacial score (nSPS) is 18.9. The van der Waals surface area contributed by atoms with Gasteiger partial charge in [0.1, 0.15) is 29.9 Å². The molecule has 284 valence electrons. The number of hydrogen-bond acceptors (Lipinski definition) is 11. The molecule has 1 aliphatic carbocycles. The smallest absolute Gasteiger partial charge is 0.262 e. The van der Waals surface area contributed by atoms with Crippen LogP contribution in [0, 0.1) is 0 Å². The molecule has 5 aromatic rings. The Bertz CT molecular complexity index is 2270. The Morgan fingerprint density at radius 1 is 0.750 bits per heavy atom. The number of phenols is 1. The van der Waals surface area contributed by atoms with E-state index in [1.54, 1.807) is 12.1 Å². The lowest BCUT2D eigenvalue weighted by Gasteiger charge is -2.34. The molecule has 13 nitrogen and oxygen atoms in total. The van der Waals surface area contributed by atoms with Crippen LogP contribution in [0.3, 0.4) is 0 Å². The molecule has 56 heavy (non-hydrogen) atoms. The summed E-state index contributed by atoms with van der Waals surface area (Å²) in [6.45, 7) is 2.37. The van der Waals surface area contributed by atoms with Crippen molar-refractivity contribution in [1.29, 1.82) is 0 Å². The minimum absolute atomic E-state index is 0.0490. The largest absolute Gasteiger partial charge is 0.508 e.